The van der Waals surface area contributed by atoms with E-state index in [2.05, 4.69) is 42.6 Å². The minimum absolute atomic E-state index is 0.0402. The van der Waals surface area contributed by atoms with Crippen molar-refractivity contribution in [2.24, 2.45) is 22.9 Å². The number of urea groups is 1. The first kappa shape index (κ1) is 19.1. The Morgan fingerprint density at radius 1 is 1.07 bits per heavy atom. The molecule has 6 rings (SSSR count). The molecule has 4 nitrogen and oxygen atoms in total. The van der Waals surface area contributed by atoms with Gasteiger partial charge >= 0.3 is 6.03 Å². The predicted octanol–water partition coefficient (Wildman–Crippen LogP) is 5.70. The molecule has 4 aliphatic carbocycles. The van der Waals surface area contributed by atoms with Crippen molar-refractivity contribution in [1.29, 1.82) is 0 Å². The van der Waals surface area contributed by atoms with E-state index < -0.39 is 0 Å². The van der Waals surface area contributed by atoms with E-state index in [1.807, 2.05) is 0 Å². The minimum atomic E-state index is 0.0402. The SMILES string of the molecule is CCCCCC1=NN(C(=O)NC23CC4CC(CC(C4)C2)C3)CC1c1ccccc1. The molecule has 0 saturated heterocycles. The molecule has 1 N–H and O–H groups in total. The number of amides is 2. The van der Waals surface area contributed by atoms with Crippen LogP contribution in [0.5, 0.6) is 0 Å². The van der Waals surface area contributed by atoms with Crippen LogP contribution in [0.2, 0.25) is 0 Å². The summed E-state index contributed by atoms with van der Waals surface area (Å²) >= 11 is 0. The minimum Gasteiger partial charge on any atom is -0.331 e. The zero-order valence-corrected chi connectivity index (χ0v) is 17.8. The van der Waals surface area contributed by atoms with Crippen molar-refractivity contribution in [2.45, 2.75) is 82.6 Å². The maximum Gasteiger partial charge on any atom is 0.338 e. The highest BCUT2D eigenvalue weighted by molar-refractivity contribution is 5.94. The van der Waals surface area contributed by atoms with E-state index in [0.29, 0.717) is 6.54 Å². The van der Waals surface area contributed by atoms with E-state index in [1.165, 1.54) is 62.6 Å². The monoisotopic (exact) mass is 393 g/mol. The highest BCUT2D eigenvalue weighted by Gasteiger charge is 2.52. The third-order valence-electron chi connectivity index (χ3n) is 7.89. The first-order chi connectivity index (χ1) is 14.1. The summed E-state index contributed by atoms with van der Waals surface area (Å²) in [6.07, 6.45) is 12.3. The van der Waals surface area contributed by atoms with Crippen LogP contribution >= 0.6 is 0 Å². The normalized spacial score (nSPS) is 35.1. The lowest BCUT2D eigenvalue weighted by Crippen LogP contribution is -2.61. The molecule has 4 fully saturated rings. The number of hydrazone groups is 1. The van der Waals surface area contributed by atoms with Crippen LogP contribution in [0.15, 0.2) is 35.4 Å². The second-order valence-corrected chi connectivity index (χ2v) is 10.2. The Labute approximate surface area is 175 Å². The van der Waals surface area contributed by atoms with E-state index in [-0.39, 0.29) is 17.5 Å². The highest BCUT2D eigenvalue weighted by Crippen LogP contribution is 2.55. The highest BCUT2D eigenvalue weighted by atomic mass is 16.2. The predicted molar refractivity (Wildman–Crippen MR) is 117 cm³/mol. The second kappa shape index (κ2) is 7.77. The molecule has 4 bridgehead atoms. The number of hydrogen-bond donors (Lipinski definition) is 1. The molecule has 0 radical (unpaired) electrons. The summed E-state index contributed by atoms with van der Waals surface area (Å²) in [4.78, 5) is 13.3. The molecule has 4 saturated carbocycles. The molecule has 5 aliphatic rings. The Bertz CT molecular complexity index is 736. The molecule has 29 heavy (non-hydrogen) atoms. The van der Waals surface area contributed by atoms with Crippen molar-refractivity contribution >= 4 is 11.7 Å². The van der Waals surface area contributed by atoms with E-state index in [1.54, 1.807) is 5.01 Å². The molecule has 1 heterocycles. The molecule has 1 aromatic rings. The Hall–Kier alpha value is -1.84. The molecule has 2 amide bonds. The van der Waals surface area contributed by atoms with E-state index in [4.69, 9.17) is 5.10 Å². The Morgan fingerprint density at radius 3 is 2.34 bits per heavy atom. The lowest BCUT2D eigenvalue weighted by Gasteiger charge is -2.56. The Morgan fingerprint density at radius 2 is 1.72 bits per heavy atom. The number of rotatable bonds is 6. The molecular formula is C25H35N3O. The van der Waals surface area contributed by atoms with Gasteiger partial charge in [-0.05, 0) is 74.7 Å². The largest absolute Gasteiger partial charge is 0.338 e. The van der Waals surface area contributed by atoms with Gasteiger partial charge in [0, 0.05) is 17.2 Å². The third-order valence-corrected chi connectivity index (χ3v) is 7.89. The van der Waals surface area contributed by atoms with Gasteiger partial charge in [0.2, 0.25) is 0 Å². The van der Waals surface area contributed by atoms with E-state index >= 15 is 0 Å². The van der Waals surface area contributed by atoms with Gasteiger partial charge in [-0.15, -0.1) is 0 Å². The number of nitrogens with zero attached hydrogens (tertiary/aromatic N) is 2. The summed E-state index contributed by atoms with van der Waals surface area (Å²) < 4.78 is 0. The molecule has 1 aliphatic heterocycles. The zero-order valence-electron chi connectivity index (χ0n) is 17.8. The summed E-state index contributed by atoms with van der Waals surface area (Å²) in [6.45, 7) is 2.92. The van der Waals surface area contributed by atoms with Gasteiger partial charge in [-0.3, -0.25) is 0 Å². The van der Waals surface area contributed by atoms with Gasteiger partial charge in [-0.25, -0.2) is 9.80 Å². The van der Waals surface area contributed by atoms with Crippen molar-refractivity contribution in [1.82, 2.24) is 10.3 Å². The molecule has 1 unspecified atom stereocenters. The quantitative estimate of drug-likeness (QED) is 0.619. The van der Waals surface area contributed by atoms with Crippen molar-refractivity contribution in [3.63, 3.8) is 0 Å². The van der Waals surface area contributed by atoms with Crippen LogP contribution in [0, 0.1) is 17.8 Å². The maximum absolute atomic E-state index is 13.3. The molecule has 0 aromatic heterocycles. The van der Waals surface area contributed by atoms with Crippen LogP contribution in [0.3, 0.4) is 0 Å². The summed E-state index contributed by atoms with van der Waals surface area (Å²) in [5, 5.41) is 10.1. The zero-order chi connectivity index (χ0) is 19.8. The number of unbranched alkanes of at least 4 members (excludes halogenated alkanes) is 2. The Kier molecular flexibility index (Phi) is 5.13. The van der Waals surface area contributed by atoms with Crippen LogP contribution in [0.1, 0.15) is 82.6 Å². The van der Waals surface area contributed by atoms with E-state index in [0.717, 1.165) is 30.6 Å². The molecule has 4 heteroatoms. The van der Waals surface area contributed by atoms with Crippen molar-refractivity contribution in [3.8, 4) is 0 Å². The van der Waals surface area contributed by atoms with Crippen LogP contribution < -0.4 is 5.32 Å². The smallest absolute Gasteiger partial charge is 0.331 e. The van der Waals surface area contributed by atoms with Gasteiger partial charge in [0.25, 0.3) is 0 Å². The molecule has 1 atom stereocenters. The topological polar surface area (TPSA) is 44.7 Å². The Balaban J connectivity index is 1.30. The first-order valence-corrected chi connectivity index (χ1v) is 11.9. The van der Waals surface area contributed by atoms with Crippen LogP contribution in [-0.4, -0.2) is 28.8 Å². The number of carbonyl (C=O) groups is 1. The van der Waals surface area contributed by atoms with Crippen molar-refractivity contribution in [3.05, 3.63) is 35.9 Å². The number of nitrogens with one attached hydrogen (secondary N) is 1. The van der Waals surface area contributed by atoms with Gasteiger partial charge in [0.05, 0.1) is 6.54 Å². The summed E-state index contributed by atoms with van der Waals surface area (Å²) in [7, 11) is 0. The van der Waals surface area contributed by atoms with Gasteiger partial charge in [-0.1, -0.05) is 50.1 Å². The number of benzene rings is 1. The van der Waals surface area contributed by atoms with Crippen LogP contribution in [-0.2, 0) is 0 Å². The van der Waals surface area contributed by atoms with E-state index in [9.17, 15) is 4.79 Å². The summed E-state index contributed by atoms with van der Waals surface area (Å²) in [5.74, 6) is 2.76. The third kappa shape index (κ3) is 3.83. The van der Waals surface area contributed by atoms with Gasteiger partial charge in [-0.2, -0.15) is 5.10 Å². The standard InChI is InChI=1S/C25H35N3O/c1-2-3-5-10-23-22(21-8-6-4-7-9-21)17-28(27-23)24(29)26-25-14-18-11-19(15-25)13-20(12-18)16-25/h4,6-9,18-20,22H,2-3,5,10-17H2,1H3,(H,26,29). The molecular weight excluding hydrogens is 358 g/mol. The van der Waals surface area contributed by atoms with Gasteiger partial charge in [0.15, 0.2) is 0 Å². The lowest BCUT2D eigenvalue weighted by atomic mass is 9.53. The van der Waals surface area contributed by atoms with Crippen molar-refractivity contribution < 1.29 is 4.79 Å². The lowest BCUT2D eigenvalue weighted by molar-refractivity contribution is -0.0155. The average molecular weight is 394 g/mol. The van der Waals surface area contributed by atoms with Crippen molar-refractivity contribution in [2.75, 3.05) is 6.54 Å². The fourth-order valence-corrected chi connectivity index (χ4v) is 6.99. The van der Waals surface area contributed by atoms with Gasteiger partial charge < -0.3 is 5.32 Å². The maximum atomic E-state index is 13.3. The molecule has 0 spiro atoms. The fourth-order valence-electron chi connectivity index (χ4n) is 6.99. The number of hydrogen-bond acceptors (Lipinski definition) is 2. The summed E-state index contributed by atoms with van der Waals surface area (Å²) in [5.41, 5.74) is 2.52. The van der Waals surface area contributed by atoms with Crippen LogP contribution in [0.4, 0.5) is 4.79 Å². The first-order valence-electron chi connectivity index (χ1n) is 11.9. The molecule has 1 aromatic carbocycles. The van der Waals surface area contributed by atoms with Gasteiger partial charge in [0.1, 0.15) is 0 Å². The summed E-state index contributed by atoms with van der Waals surface area (Å²) in [6, 6.07) is 10.7. The molecule has 156 valence electrons. The second-order valence-electron chi connectivity index (χ2n) is 10.2. The average Bonchev–Trinajstić information content (AvgIpc) is 3.12. The number of carbonyl (C=O) groups excluding carboxylic acids is 1. The van der Waals surface area contributed by atoms with Crippen LogP contribution in [0.25, 0.3) is 0 Å². The fraction of sp³-hybridized carbons (Fsp3) is 0.680.